The molecule has 3 nitrogen and oxygen atoms in total. The van der Waals surface area contributed by atoms with E-state index in [2.05, 4.69) is 20.8 Å². The van der Waals surface area contributed by atoms with Gasteiger partial charge in [0.25, 0.3) is 0 Å². The second-order valence-corrected chi connectivity index (χ2v) is 6.39. The summed E-state index contributed by atoms with van der Waals surface area (Å²) in [7, 11) is 0. The molecule has 0 radical (unpaired) electrons. The largest absolute Gasteiger partial charge is 0.514 e. The van der Waals surface area contributed by atoms with Crippen molar-refractivity contribution in [3.63, 3.8) is 0 Å². The monoisotopic (exact) mass is 278 g/mol. The third-order valence-corrected chi connectivity index (χ3v) is 3.14. The summed E-state index contributed by atoms with van der Waals surface area (Å²) in [5, 5.41) is 0. The van der Waals surface area contributed by atoms with Crippen LogP contribution in [0.3, 0.4) is 0 Å². The van der Waals surface area contributed by atoms with Gasteiger partial charge in [-0.2, -0.15) is 0 Å². The molecule has 1 aromatic carbocycles. The quantitative estimate of drug-likeness (QED) is 0.564. The van der Waals surface area contributed by atoms with Gasteiger partial charge in [-0.15, -0.1) is 0 Å². The summed E-state index contributed by atoms with van der Waals surface area (Å²) >= 11 is 0. The minimum absolute atomic E-state index is 0.515. The summed E-state index contributed by atoms with van der Waals surface area (Å²) in [4.78, 5) is 11.6. The molecule has 112 valence electrons. The smallest absolute Gasteiger partial charge is 0.428 e. The van der Waals surface area contributed by atoms with Gasteiger partial charge in [0.05, 0.1) is 0 Å². The van der Waals surface area contributed by atoms with Gasteiger partial charge in [0, 0.05) is 0 Å². The lowest BCUT2D eigenvalue weighted by Crippen LogP contribution is -2.25. The predicted molar refractivity (Wildman–Crippen MR) is 81.2 cm³/mol. The zero-order valence-electron chi connectivity index (χ0n) is 13.4. The van der Waals surface area contributed by atoms with Gasteiger partial charge in [0.2, 0.25) is 0 Å². The highest BCUT2D eigenvalue weighted by atomic mass is 16.7. The molecular weight excluding hydrogens is 252 g/mol. The second-order valence-electron chi connectivity index (χ2n) is 6.39. The highest BCUT2D eigenvalue weighted by Gasteiger charge is 2.18. The van der Waals surface area contributed by atoms with E-state index in [4.69, 9.17) is 9.47 Å². The molecule has 0 heterocycles. The third kappa shape index (κ3) is 5.24. The van der Waals surface area contributed by atoms with E-state index in [1.54, 1.807) is 0 Å². The Balaban J connectivity index is 2.70. The Kier molecular flexibility index (Phi) is 5.61. The van der Waals surface area contributed by atoms with Crippen molar-refractivity contribution in [1.29, 1.82) is 0 Å². The molecule has 0 aromatic heterocycles. The maximum atomic E-state index is 11.6. The fourth-order valence-corrected chi connectivity index (χ4v) is 2.24. The van der Waals surface area contributed by atoms with Crippen LogP contribution in [0.4, 0.5) is 4.79 Å². The van der Waals surface area contributed by atoms with Crippen LogP contribution in [0.15, 0.2) is 24.3 Å². The first kappa shape index (κ1) is 16.5. The normalized spacial score (nSPS) is 13.2. The van der Waals surface area contributed by atoms with Crippen LogP contribution >= 0.6 is 0 Å². The summed E-state index contributed by atoms with van der Waals surface area (Å²) in [5.41, 5.74) is 0.737. The molecule has 0 bridgehead atoms. The molecule has 1 atom stereocenters. The minimum Gasteiger partial charge on any atom is -0.428 e. The summed E-state index contributed by atoms with van der Waals surface area (Å²) in [6.07, 6.45) is 0.436. The average molecular weight is 278 g/mol. The number of carbonyl (C=O) groups excluding carboxylic acids is 1. The van der Waals surface area contributed by atoms with Gasteiger partial charge in [-0.05, 0) is 56.7 Å². The number of ether oxygens (including phenoxy) is 2. The molecule has 0 aliphatic heterocycles. The van der Waals surface area contributed by atoms with Crippen LogP contribution in [0.1, 0.15) is 59.4 Å². The van der Waals surface area contributed by atoms with E-state index in [-0.39, 0.29) is 0 Å². The molecule has 3 heteroatoms. The van der Waals surface area contributed by atoms with E-state index in [0.29, 0.717) is 17.6 Å². The van der Waals surface area contributed by atoms with Crippen LogP contribution in [0.5, 0.6) is 5.75 Å². The van der Waals surface area contributed by atoms with E-state index < -0.39 is 11.8 Å². The molecule has 0 fully saturated rings. The van der Waals surface area contributed by atoms with Gasteiger partial charge >= 0.3 is 6.16 Å². The van der Waals surface area contributed by atoms with Crippen LogP contribution < -0.4 is 4.74 Å². The molecule has 0 N–H and O–H groups in total. The average Bonchev–Trinajstić information content (AvgIpc) is 2.29. The van der Waals surface area contributed by atoms with Gasteiger partial charge < -0.3 is 9.47 Å². The number of benzene rings is 1. The SMILES string of the molecule is CCC(c1ccc(OC(=O)OC(C)(C)C)cc1)C(C)C. The molecule has 0 amide bonds. The Bertz CT molecular complexity index is 427. The lowest BCUT2D eigenvalue weighted by molar-refractivity contribution is 0.0206. The van der Waals surface area contributed by atoms with Gasteiger partial charge in [-0.1, -0.05) is 32.9 Å². The molecule has 0 spiro atoms. The first-order valence-electron chi connectivity index (χ1n) is 7.23. The molecule has 0 aliphatic carbocycles. The lowest BCUT2D eigenvalue weighted by Gasteiger charge is -2.20. The molecule has 1 rings (SSSR count). The van der Waals surface area contributed by atoms with Gasteiger partial charge in [-0.25, -0.2) is 4.79 Å². The Morgan fingerprint density at radius 3 is 2.10 bits per heavy atom. The predicted octanol–water partition coefficient (Wildman–Crippen LogP) is 5.15. The molecule has 0 saturated heterocycles. The highest BCUT2D eigenvalue weighted by molar-refractivity contribution is 5.64. The maximum Gasteiger partial charge on any atom is 0.514 e. The van der Waals surface area contributed by atoms with E-state index in [1.807, 2.05) is 45.0 Å². The number of hydrogen-bond acceptors (Lipinski definition) is 3. The van der Waals surface area contributed by atoms with E-state index in [9.17, 15) is 4.79 Å². The van der Waals surface area contributed by atoms with Crippen LogP contribution in [-0.2, 0) is 4.74 Å². The standard InChI is InChI=1S/C17H26O3/c1-7-15(12(2)3)13-8-10-14(11-9-13)19-16(18)20-17(4,5)6/h8-12,15H,7H2,1-6H3. The van der Waals surface area contributed by atoms with Crippen molar-refractivity contribution < 1.29 is 14.3 Å². The van der Waals surface area contributed by atoms with Crippen molar-refractivity contribution >= 4 is 6.16 Å². The third-order valence-electron chi connectivity index (χ3n) is 3.14. The molecule has 1 unspecified atom stereocenters. The van der Waals surface area contributed by atoms with E-state index >= 15 is 0 Å². The zero-order chi connectivity index (χ0) is 15.3. The molecular formula is C17H26O3. The van der Waals surface area contributed by atoms with E-state index in [1.165, 1.54) is 5.56 Å². The molecule has 0 aliphatic rings. The zero-order valence-corrected chi connectivity index (χ0v) is 13.4. The number of rotatable bonds is 4. The first-order chi connectivity index (χ1) is 9.23. The Morgan fingerprint density at radius 2 is 1.70 bits per heavy atom. The Labute approximate surface area is 122 Å². The molecule has 1 aromatic rings. The number of hydrogen-bond donors (Lipinski definition) is 0. The first-order valence-corrected chi connectivity index (χ1v) is 7.23. The van der Waals surface area contributed by atoms with Gasteiger partial charge in [-0.3, -0.25) is 0 Å². The molecule has 20 heavy (non-hydrogen) atoms. The van der Waals surface area contributed by atoms with Crippen LogP contribution in [-0.4, -0.2) is 11.8 Å². The lowest BCUT2D eigenvalue weighted by atomic mass is 9.86. The van der Waals surface area contributed by atoms with Crippen molar-refractivity contribution in [2.75, 3.05) is 0 Å². The van der Waals surface area contributed by atoms with Crippen molar-refractivity contribution in [2.24, 2.45) is 5.92 Å². The van der Waals surface area contributed by atoms with Crippen LogP contribution in [0, 0.1) is 5.92 Å². The van der Waals surface area contributed by atoms with Crippen molar-refractivity contribution in [3.8, 4) is 5.75 Å². The molecule has 0 saturated carbocycles. The van der Waals surface area contributed by atoms with Gasteiger partial charge in [0.15, 0.2) is 0 Å². The fraction of sp³-hybridized carbons (Fsp3) is 0.588. The Hall–Kier alpha value is -1.51. The van der Waals surface area contributed by atoms with E-state index in [0.717, 1.165) is 6.42 Å². The summed E-state index contributed by atoms with van der Waals surface area (Å²) < 4.78 is 10.3. The fourth-order valence-electron chi connectivity index (χ4n) is 2.24. The number of carbonyl (C=O) groups is 1. The van der Waals surface area contributed by atoms with Crippen LogP contribution in [0.2, 0.25) is 0 Å². The topological polar surface area (TPSA) is 35.5 Å². The van der Waals surface area contributed by atoms with Crippen LogP contribution in [0.25, 0.3) is 0 Å². The highest BCUT2D eigenvalue weighted by Crippen LogP contribution is 2.29. The summed E-state index contributed by atoms with van der Waals surface area (Å²) in [6, 6.07) is 7.69. The Morgan fingerprint density at radius 1 is 1.15 bits per heavy atom. The summed E-state index contributed by atoms with van der Waals surface area (Å²) in [6.45, 7) is 12.1. The summed E-state index contributed by atoms with van der Waals surface area (Å²) in [5.74, 6) is 1.64. The van der Waals surface area contributed by atoms with Crippen molar-refractivity contribution in [2.45, 2.75) is 59.5 Å². The minimum atomic E-state index is -0.666. The maximum absolute atomic E-state index is 11.6. The second kappa shape index (κ2) is 6.78. The van der Waals surface area contributed by atoms with Crippen molar-refractivity contribution in [3.05, 3.63) is 29.8 Å². The van der Waals surface area contributed by atoms with Gasteiger partial charge in [0.1, 0.15) is 11.4 Å². The van der Waals surface area contributed by atoms with Crippen molar-refractivity contribution in [1.82, 2.24) is 0 Å².